The van der Waals surface area contributed by atoms with Crippen LogP contribution in [0.25, 0.3) is 0 Å². The third-order valence-electron chi connectivity index (χ3n) is 4.40. The van der Waals surface area contributed by atoms with E-state index in [1.807, 2.05) is 0 Å². The van der Waals surface area contributed by atoms with Crippen molar-refractivity contribution in [1.82, 2.24) is 0 Å². The van der Waals surface area contributed by atoms with Gasteiger partial charge in [-0.3, -0.25) is 19.2 Å². The van der Waals surface area contributed by atoms with Gasteiger partial charge >= 0.3 is 17.9 Å². The zero-order chi connectivity index (χ0) is 23.6. The minimum atomic E-state index is -1.40. The van der Waals surface area contributed by atoms with Crippen molar-refractivity contribution < 1.29 is 48.0 Å². The number of methoxy groups -OCH3 is 1. The molecule has 0 unspecified atom stereocenters. The molecule has 0 amide bonds. The smallest absolute Gasteiger partial charge is 0.308 e. The van der Waals surface area contributed by atoms with Crippen molar-refractivity contribution in [2.24, 2.45) is 0 Å². The molecule has 2 atom stereocenters. The zero-order valence-electron chi connectivity index (χ0n) is 17.7. The van der Waals surface area contributed by atoms with Crippen molar-refractivity contribution in [2.75, 3.05) is 7.11 Å². The molecule has 2 aromatic carbocycles. The van der Waals surface area contributed by atoms with E-state index in [1.165, 1.54) is 44.4 Å². The average molecular weight is 444 g/mol. The summed E-state index contributed by atoms with van der Waals surface area (Å²) in [5.74, 6) is -2.91. The van der Waals surface area contributed by atoms with Crippen LogP contribution in [0.3, 0.4) is 0 Å². The molecule has 0 radical (unpaired) electrons. The molecule has 1 aliphatic rings. The monoisotopic (exact) mass is 444 g/mol. The second-order valence-electron chi connectivity index (χ2n) is 6.85. The van der Waals surface area contributed by atoms with Crippen LogP contribution >= 0.6 is 0 Å². The Morgan fingerprint density at radius 3 is 2.16 bits per heavy atom. The van der Waals surface area contributed by atoms with E-state index in [1.54, 1.807) is 0 Å². The highest BCUT2D eigenvalue weighted by molar-refractivity contribution is 6.06. The lowest BCUT2D eigenvalue weighted by molar-refractivity contribution is -0.149. The Hall–Kier alpha value is -4.08. The number of aromatic hydroxyl groups is 1. The van der Waals surface area contributed by atoms with Gasteiger partial charge in [0.15, 0.2) is 17.6 Å². The molecule has 0 saturated carbocycles. The predicted octanol–water partition coefficient (Wildman–Crippen LogP) is 2.50. The summed E-state index contributed by atoms with van der Waals surface area (Å²) < 4.78 is 26.5. The van der Waals surface area contributed by atoms with Crippen LogP contribution in [0.15, 0.2) is 30.3 Å². The van der Waals surface area contributed by atoms with Crippen LogP contribution in [-0.2, 0) is 19.1 Å². The lowest BCUT2D eigenvalue weighted by atomic mass is 9.92. The topological polar surface area (TPSA) is 135 Å². The number of phenolic OH excluding ortho intramolecular Hbond substituents is 1. The van der Waals surface area contributed by atoms with Gasteiger partial charge < -0.3 is 28.8 Å². The first-order valence-electron chi connectivity index (χ1n) is 9.40. The van der Waals surface area contributed by atoms with E-state index >= 15 is 0 Å². The van der Waals surface area contributed by atoms with Crippen LogP contribution in [-0.4, -0.2) is 42.0 Å². The summed E-state index contributed by atoms with van der Waals surface area (Å²) in [6.07, 6.45) is -2.56. The summed E-state index contributed by atoms with van der Waals surface area (Å²) >= 11 is 0. The summed E-state index contributed by atoms with van der Waals surface area (Å²) in [6, 6.07) is 6.61. The molecule has 1 aliphatic heterocycles. The number of phenols is 1. The van der Waals surface area contributed by atoms with E-state index in [2.05, 4.69) is 0 Å². The minimum Gasteiger partial charge on any atom is -0.508 e. The fourth-order valence-corrected chi connectivity index (χ4v) is 3.26. The number of hydrogen-bond donors (Lipinski definition) is 1. The summed E-state index contributed by atoms with van der Waals surface area (Å²) in [6.45, 7) is 3.49. The van der Waals surface area contributed by atoms with Crippen molar-refractivity contribution >= 4 is 23.7 Å². The number of Topliss-reactive ketones (excluding diaryl/α,β-unsaturated/α-hetero) is 1. The number of hydrogen-bond acceptors (Lipinski definition) is 10. The summed E-state index contributed by atoms with van der Waals surface area (Å²) in [5.41, 5.74) is 0.286. The number of ether oxygens (including phenoxy) is 5. The summed E-state index contributed by atoms with van der Waals surface area (Å²) in [7, 11) is 1.31. The SMILES string of the molecule is COc1cc(O)cc2c1C(=O)[C@@H](OC(C)=O)[C@H](c1ccc(OC(C)=O)c(OC(C)=O)c1)O2. The van der Waals surface area contributed by atoms with E-state index in [0.717, 1.165) is 13.8 Å². The molecule has 0 saturated heterocycles. The maximum Gasteiger partial charge on any atom is 0.308 e. The first kappa shape index (κ1) is 22.6. The van der Waals surface area contributed by atoms with Crippen LogP contribution in [0, 0.1) is 0 Å². The van der Waals surface area contributed by atoms with Crippen LogP contribution < -0.4 is 18.9 Å². The average Bonchev–Trinajstić information content (AvgIpc) is 2.69. The molecule has 0 aromatic heterocycles. The summed E-state index contributed by atoms with van der Waals surface area (Å²) in [5, 5.41) is 9.96. The fourth-order valence-electron chi connectivity index (χ4n) is 3.26. The molecule has 2 aromatic rings. The number of fused-ring (bicyclic) bond motifs is 1. The van der Waals surface area contributed by atoms with E-state index in [9.17, 15) is 24.3 Å². The number of carbonyl (C=O) groups is 4. The van der Waals surface area contributed by atoms with E-state index in [0.29, 0.717) is 0 Å². The van der Waals surface area contributed by atoms with Crippen molar-refractivity contribution in [3.05, 3.63) is 41.5 Å². The molecule has 168 valence electrons. The molecule has 0 spiro atoms. The molecule has 3 rings (SSSR count). The molecule has 0 bridgehead atoms. The standard InChI is InChI=1S/C22H20O10/c1-10(23)29-15-6-5-13(7-16(15)30-11(2)24)21-22(31-12(3)25)20(27)19-17(28-4)8-14(26)9-18(19)32-21/h5-9,21-22,26H,1-4H3/t21-,22+/m0/s1. The van der Waals surface area contributed by atoms with Gasteiger partial charge in [0.1, 0.15) is 22.8 Å². The van der Waals surface area contributed by atoms with Gasteiger partial charge in [-0.25, -0.2) is 0 Å². The molecule has 1 heterocycles. The van der Waals surface area contributed by atoms with Gasteiger partial charge in [0.05, 0.1) is 7.11 Å². The maximum absolute atomic E-state index is 13.2. The van der Waals surface area contributed by atoms with Gasteiger partial charge in [-0.15, -0.1) is 0 Å². The van der Waals surface area contributed by atoms with Crippen molar-refractivity contribution in [1.29, 1.82) is 0 Å². The summed E-state index contributed by atoms with van der Waals surface area (Å²) in [4.78, 5) is 47.8. The van der Waals surface area contributed by atoms with Gasteiger partial charge in [0.25, 0.3) is 0 Å². The van der Waals surface area contributed by atoms with E-state index in [4.69, 9.17) is 23.7 Å². The number of ketones is 1. The second kappa shape index (κ2) is 8.96. The Kier molecular flexibility index (Phi) is 6.33. The van der Waals surface area contributed by atoms with Crippen LogP contribution in [0.5, 0.6) is 28.7 Å². The first-order valence-corrected chi connectivity index (χ1v) is 9.40. The van der Waals surface area contributed by atoms with Crippen LogP contribution in [0.4, 0.5) is 0 Å². The van der Waals surface area contributed by atoms with E-state index in [-0.39, 0.29) is 39.9 Å². The van der Waals surface area contributed by atoms with Gasteiger partial charge in [0, 0.05) is 38.5 Å². The Labute approximate surface area is 182 Å². The van der Waals surface area contributed by atoms with Crippen molar-refractivity contribution in [3.63, 3.8) is 0 Å². The molecule has 32 heavy (non-hydrogen) atoms. The Morgan fingerprint density at radius 1 is 0.906 bits per heavy atom. The number of carbonyl (C=O) groups excluding carboxylic acids is 4. The van der Waals surface area contributed by atoms with Crippen LogP contribution in [0.2, 0.25) is 0 Å². The third-order valence-corrected chi connectivity index (χ3v) is 4.40. The molecular formula is C22H20O10. The Balaban J connectivity index is 2.13. The number of rotatable bonds is 5. The predicted molar refractivity (Wildman–Crippen MR) is 107 cm³/mol. The third kappa shape index (κ3) is 4.64. The molecular weight excluding hydrogens is 424 g/mol. The van der Waals surface area contributed by atoms with Crippen molar-refractivity contribution in [2.45, 2.75) is 33.0 Å². The Bertz CT molecular complexity index is 1100. The van der Waals surface area contributed by atoms with Crippen molar-refractivity contribution in [3.8, 4) is 28.7 Å². The minimum absolute atomic E-state index is 0.00421. The molecule has 1 N–H and O–H groups in total. The van der Waals surface area contributed by atoms with Gasteiger partial charge in [0.2, 0.25) is 11.9 Å². The van der Waals surface area contributed by atoms with Crippen LogP contribution in [0.1, 0.15) is 42.8 Å². The zero-order valence-corrected chi connectivity index (χ0v) is 17.7. The molecule has 0 fully saturated rings. The largest absolute Gasteiger partial charge is 0.508 e. The lowest BCUT2D eigenvalue weighted by Gasteiger charge is -2.33. The highest BCUT2D eigenvalue weighted by Crippen LogP contribution is 2.44. The van der Waals surface area contributed by atoms with E-state index < -0.39 is 35.9 Å². The number of esters is 3. The molecule has 0 aliphatic carbocycles. The quantitative estimate of drug-likeness (QED) is 0.541. The van der Waals surface area contributed by atoms with Gasteiger partial charge in [-0.2, -0.15) is 0 Å². The molecule has 10 nitrogen and oxygen atoms in total. The highest BCUT2D eigenvalue weighted by atomic mass is 16.6. The second-order valence-corrected chi connectivity index (χ2v) is 6.85. The normalized spacial score (nSPS) is 16.9. The molecule has 10 heteroatoms. The Morgan fingerprint density at radius 2 is 1.56 bits per heavy atom. The first-order chi connectivity index (χ1) is 15.1. The fraction of sp³-hybridized carbons (Fsp3) is 0.273. The maximum atomic E-state index is 13.2. The van der Waals surface area contributed by atoms with Gasteiger partial charge in [-0.05, 0) is 12.1 Å². The lowest BCUT2D eigenvalue weighted by Crippen LogP contribution is -2.39. The number of benzene rings is 2. The van der Waals surface area contributed by atoms with Gasteiger partial charge in [-0.1, -0.05) is 6.07 Å². The highest BCUT2D eigenvalue weighted by Gasteiger charge is 2.43.